The lowest BCUT2D eigenvalue weighted by Gasteiger charge is -2.33. The van der Waals surface area contributed by atoms with Crippen molar-refractivity contribution in [3.63, 3.8) is 0 Å². The van der Waals surface area contributed by atoms with Crippen molar-refractivity contribution in [3.8, 4) is 0 Å². The third-order valence-corrected chi connectivity index (χ3v) is 6.18. The van der Waals surface area contributed by atoms with Crippen LogP contribution in [0.4, 0.5) is 0 Å². The molecule has 2 aromatic carbocycles. The molecule has 5 rings (SSSR count). The van der Waals surface area contributed by atoms with Crippen LogP contribution in [0.5, 0.6) is 0 Å². The Morgan fingerprint density at radius 1 is 0.543 bits per heavy atom. The highest BCUT2D eigenvalue weighted by molar-refractivity contribution is 6.09. The Balaban J connectivity index is 1.66. The van der Waals surface area contributed by atoms with Gasteiger partial charge < -0.3 is 10.6 Å². The minimum absolute atomic E-state index is 0.0611. The zero-order valence-electron chi connectivity index (χ0n) is 19.7. The highest BCUT2D eigenvalue weighted by Crippen LogP contribution is 2.32. The summed E-state index contributed by atoms with van der Waals surface area (Å²) in [6.45, 7) is 1.45. The van der Waals surface area contributed by atoms with Gasteiger partial charge in [0.2, 0.25) is 0 Å². The van der Waals surface area contributed by atoms with E-state index in [-0.39, 0.29) is 12.1 Å². The van der Waals surface area contributed by atoms with E-state index in [1.807, 2.05) is 24.3 Å². The van der Waals surface area contributed by atoms with Gasteiger partial charge in [-0.15, -0.1) is 0 Å². The second-order valence-corrected chi connectivity index (χ2v) is 8.60. The van der Waals surface area contributed by atoms with Gasteiger partial charge >= 0.3 is 0 Å². The van der Waals surface area contributed by atoms with Crippen molar-refractivity contribution in [3.05, 3.63) is 144 Å². The van der Waals surface area contributed by atoms with Crippen LogP contribution in [-0.4, -0.2) is 24.5 Å². The summed E-state index contributed by atoms with van der Waals surface area (Å²) < 4.78 is 0. The highest BCUT2D eigenvalue weighted by Gasteiger charge is 2.28. The lowest BCUT2D eigenvalue weighted by Crippen LogP contribution is -2.37. The van der Waals surface area contributed by atoms with Gasteiger partial charge in [0.1, 0.15) is 0 Å². The quantitative estimate of drug-likeness (QED) is 0.584. The molecule has 3 aliphatic rings. The maximum Gasteiger partial charge on any atom is 0.0805 e. The predicted molar refractivity (Wildman–Crippen MR) is 147 cm³/mol. The zero-order valence-corrected chi connectivity index (χ0v) is 19.7. The minimum atomic E-state index is -0.0611. The number of hydrogen-bond acceptors (Lipinski definition) is 4. The molecule has 0 spiro atoms. The third-order valence-electron chi connectivity index (χ3n) is 6.18. The molecule has 0 radical (unpaired) electrons. The van der Waals surface area contributed by atoms with E-state index in [9.17, 15) is 0 Å². The van der Waals surface area contributed by atoms with Crippen LogP contribution >= 0.6 is 0 Å². The molecule has 0 unspecified atom stereocenters. The second kappa shape index (κ2) is 11.3. The number of nitrogens with one attached hydrogen (secondary N) is 2. The number of hydrogen-bond donors (Lipinski definition) is 2. The van der Waals surface area contributed by atoms with Crippen LogP contribution < -0.4 is 10.6 Å². The molecule has 2 atom stereocenters. The molecular formula is C31H30N4. The lowest BCUT2D eigenvalue weighted by atomic mass is 9.92. The zero-order chi connectivity index (χ0) is 23.7. The molecule has 0 fully saturated rings. The van der Waals surface area contributed by atoms with Gasteiger partial charge in [-0.3, -0.25) is 9.98 Å². The fraction of sp³-hybridized carbons (Fsp3) is 0.161. The van der Waals surface area contributed by atoms with Crippen molar-refractivity contribution < 1.29 is 0 Å². The normalized spacial score (nSPS) is 22.1. The number of fused-ring (bicyclic) bond motifs is 2. The maximum atomic E-state index is 4.94. The summed E-state index contributed by atoms with van der Waals surface area (Å²) in [5, 5.41) is 7.74. The molecule has 0 amide bonds. The SMILES string of the molecule is C1=CC=C2N[C@H](c3ccccc3)[C@@H](c3ccccc3)NC3=CC=CC=CC3=NCCCN=C2C=C1. The van der Waals surface area contributed by atoms with Gasteiger partial charge in [0.15, 0.2) is 0 Å². The highest BCUT2D eigenvalue weighted by atomic mass is 15.1. The molecule has 0 saturated carbocycles. The van der Waals surface area contributed by atoms with E-state index in [4.69, 9.17) is 9.98 Å². The first kappa shape index (κ1) is 22.6. The fourth-order valence-corrected chi connectivity index (χ4v) is 4.44. The van der Waals surface area contributed by atoms with Crippen LogP contribution in [0.2, 0.25) is 0 Å². The molecule has 174 valence electrons. The molecular weight excluding hydrogens is 428 g/mol. The average Bonchev–Trinajstić information content (AvgIpc) is 3.26. The van der Waals surface area contributed by atoms with Crippen LogP contribution in [0.3, 0.4) is 0 Å². The fourth-order valence-electron chi connectivity index (χ4n) is 4.44. The van der Waals surface area contributed by atoms with Gasteiger partial charge in [0.05, 0.1) is 34.9 Å². The molecule has 0 saturated heterocycles. The van der Waals surface area contributed by atoms with E-state index in [2.05, 4.69) is 108 Å². The second-order valence-electron chi connectivity index (χ2n) is 8.60. The first-order valence-corrected chi connectivity index (χ1v) is 12.2. The standard InChI is InChI=1S/C31H30N4/c1-5-14-24(15-6-1)30-31(25-16-7-2-8-17-25)35-29-21-12-4-10-19-27(29)33-23-13-22-32-26-18-9-3-11-20-28(26)34-30/h1-12,14-21,30-31,34-35H,13,22-23H2/t30-,31-/m1/s1. The van der Waals surface area contributed by atoms with Crippen molar-refractivity contribution in [1.29, 1.82) is 0 Å². The van der Waals surface area contributed by atoms with Crippen LogP contribution in [0.1, 0.15) is 29.6 Å². The molecule has 1 heterocycles. The molecule has 1 aliphatic heterocycles. The molecule has 4 nitrogen and oxygen atoms in total. The number of allylic oxidation sites excluding steroid dienone is 10. The van der Waals surface area contributed by atoms with Gasteiger partial charge in [0, 0.05) is 13.1 Å². The van der Waals surface area contributed by atoms with Crippen molar-refractivity contribution in [2.75, 3.05) is 13.1 Å². The summed E-state index contributed by atoms with van der Waals surface area (Å²) in [5.41, 5.74) is 6.35. The summed E-state index contributed by atoms with van der Waals surface area (Å²) in [7, 11) is 0. The van der Waals surface area contributed by atoms with Crippen molar-refractivity contribution in [2.24, 2.45) is 9.98 Å². The first-order chi connectivity index (χ1) is 17.4. The third kappa shape index (κ3) is 5.67. The Bertz CT molecular complexity index is 1160. The Kier molecular flexibility index (Phi) is 7.30. The van der Waals surface area contributed by atoms with Gasteiger partial charge in [-0.25, -0.2) is 0 Å². The summed E-state index contributed by atoms with van der Waals surface area (Å²) >= 11 is 0. The molecule has 2 aromatic rings. The molecule has 35 heavy (non-hydrogen) atoms. The van der Waals surface area contributed by atoms with E-state index < -0.39 is 0 Å². The van der Waals surface area contributed by atoms with Crippen LogP contribution in [0.25, 0.3) is 0 Å². The van der Waals surface area contributed by atoms with Crippen molar-refractivity contribution >= 4 is 11.4 Å². The van der Waals surface area contributed by atoms with Gasteiger partial charge in [0.25, 0.3) is 0 Å². The monoisotopic (exact) mass is 458 g/mol. The van der Waals surface area contributed by atoms with Crippen molar-refractivity contribution in [1.82, 2.24) is 10.6 Å². The van der Waals surface area contributed by atoms with E-state index in [0.29, 0.717) is 0 Å². The summed E-state index contributed by atoms with van der Waals surface area (Å²) in [6.07, 6.45) is 21.6. The molecule has 4 heteroatoms. The largest absolute Gasteiger partial charge is 0.374 e. The molecule has 2 N–H and O–H groups in total. The lowest BCUT2D eigenvalue weighted by molar-refractivity contribution is 0.448. The van der Waals surface area contributed by atoms with Gasteiger partial charge in [-0.2, -0.15) is 0 Å². The Morgan fingerprint density at radius 2 is 1.00 bits per heavy atom. The topological polar surface area (TPSA) is 48.8 Å². The minimum Gasteiger partial charge on any atom is -0.374 e. The summed E-state index contributed by atoms with van der Waals surface area (Å²) in [5.74, 6) is 0. The Hall–Kier alpha value is -4.18. The van der Waals surface area contributed by atoms with E-state index in [1.54, 1.807) is 0 Å². The van der Waals surface area contributed by atoms with Crippen LogP contribution in [0.15, 0.2) is 143 Å². The Labute approximate surface area is 207 Å². The maximum absolute atomic E-state index is 4.94. The van der Waals surface area contributed by atoms with E-state index >= 15 is 0 Å². The number of nitrogens with zero attached hydrogens (tertiary/aromatic N) is 2. The Morgan fingerprint density at radius 3 is 1.46 bits per heavy atom. The molecule has 0 aromatic heterocycles. The number of rotatable bonds is 2. The molecule has 0 bridgehead atoms. The molecule has 2 aliphatic carbocycles. The predicted octanol–water partition coefficient (Wildman–Crippen LogP) is 5.95. The van der Waals surface area contributed by atoms with Crippen molar-refractivity contribution in [2.45, 2.75) is 18.5 Å². The summed E-state index contributed by atoms with van der Waals surface area (Å²) in [4.78, 5) is 9.89. The smallest absolute Gasteiger partial charge is 0.0805 e. The van der Waals surface area contributed by atoms with E-state index in [0.717, 1.165) is 42.3 Å². The number of benzene rings is 2. The first-order valence-electron chi connectivity index (χ1n) is 12.2. The van der Waals surface area contributed by atoms with Gasteiger partial charge in [-0.05, 0) is 41.9 Å². The number of aliphatic imine (C=N–C) groups is 2. The summed E-state index contributed by atoms with van der Waals surface area (Å²) in [6, 6.07) is 21.1. The van der Waals surface area contributed by atoms with Gasteiger partial charge in [-0.1, -0.05) is 97.1 Å². The van der Waals surface area contributed by atoms with Crippen LogP contribution in [-0.2, 0) is 0 Å². The van der Waals surface area contributed by atoms with Crippen LogP contribution in [0, 0.1) is 0 Å². The van der Waals surface area contributed by atoms with E-state index in [1.165, 1.54) is 11.1 Å². The average molecular weight is 459 g/mol.